The van der Waals surface area contributed by atoms with Crippen LogP contribution < -0.4 is 0 Å². The molecule has 1 aromatic rings. The zero-order valence-corrected chi connectivity index (χ0v) is 6.88. The first-order valence-corrected chi connectivity index (χ1v) is 4.11. The molecule has 0 N–H and O–H groups in total. The summed E-state index contributed by atoms with van der Waals surface area (Å²) in [6.07, 6.45) is 0.828. The molecule has 5 heteroatoms. The fourth-order valence-electron chi connectivity index (χ4n) is 1.71. The Morgan fingerprint density at radius 2 is 2.00 bits per heavy atom. The zero-order valence-electron chi connectivity index (χ0n) is 6.88. The molecule has 0 radical (unpaired) electrons. The highest BCUT2D eigenvalue weighted by Gasteiger charge is 2.59. The number of hydrogen-bond acceptors (Lipinski definition) is 1. The Morgan fingerprint density at radius 3 is 2.31 bits per heavy atom. The molecule has 0 atom stereocenters. The van der Waals surface area contributed by atoms with Gasteiger partial charge in [-0.2, -0.15) is 13.2 Å². The van der Waals surface area contributed by atoms with Crippen LogP contribution in [0.4, 0.5) is 13.2 Å². The molecule has 0 bridgehead atoms. The summed E-state index contributed by atoms with van der Waals surface area (Å²) in [4.78, 5) is 3.65. The molecule has 0 aromatic carbocycles. The van der Waals surface area contributed by atoms with Crippen LogP contribution in [0.25, 0.3) is 0 Å². The number of imidazole rings is 1. The minimum atomic E-state index is -4.16. The second-order valence-electron chi connectivity index (χ2n) is 3.35. The molecule has 1 aliphatic rings. The molecule has 72 valence electrons. The third kappa shape index (κ3) is 1.06. The summed E-state index contributed by atoms with van der Waals surface area (Å²) < 4.78 is 39.2. The van der Waals surface area contributed by atoms with Crippen molar-refractivity contribution in [3.8, 4) is 0 Å². The predicted molar refractivity (Wildman–Crippen MR) is 40.1 cm³/mol. The molecular weight excluding hydrogens is 181 g/mol. The molecule has 1 fully saturated rings. The molecule has 0 spiro atoms. The summed E-state index contributed by atoms with van der Waals surface area (Å²) >= 11 is 0. The molecule has 0 amide bonds. The SMILES string of the molecule is FC(F)(F)C1(n2ccnc2)CCC1. The average molecular weight is 190 g/mol. The van der Waals surface area contributed by atoms with Crippen LogP contribution >= 0.6 is 0 Å². The van der Waals surface area contributed by atoms with Gasteiger partial charge in [0.2, 0.25) is 0 Å². The first-order valence-electron chi connectivity index (χ1n) is 4.11. The van der Waals surface area contributed by atoms with E-state index in [1.54, 1.807) is 0 Å². The Balaban J connectivity index is 2.37. The van der Waals surface area contributed by atoms with Gasteiger partial charge >= 0.3 is 6.18 Å². The third-order valence-corrected chi connectivity index (χ3v) is 2.71. The van der Waals surface area contributed by atoms with Gasteiger partial charge in [0, 0.05) is 12.4 Å². The van der Waals surface area contributed by atoms with Gasteiger partial charge in [-0.15, -0.1) is 0 Å². The number of alkyl halides is 3. The summed E-state index contributed by atoms with van der Waals surface area (Å²) in [5.74, 6) is 0. The Morgan fingerprint density at radius 1 is 1.31 bits per heavy atom. The van der Waals surface area contributed by atoms with Crippen molar-refractivity contribution in [3.63, 3.8) is 0 Å². The van der Waals surface area contributed by atoms with Crippen molar-refractivity contribution < 1.29 is 13.2 Å². The summed E-state index contributed by atoms with van der Waals surface area (Å²) in [5.41, 5.74) is -1.66. The molecule has 0 saturated heterocycles. The Hall–Kier alpha value is -1.00. The van der Waals surface area contributed by atoms with Crippen molar-refractivity contribution in [2.24, 2.45) is 0 Å². The minimum absolute atomic E-state index is 0.173. The van der Waals surface area contributed by atoms with E-state index in [-0.39, 0.29) is 12.8 Å². The lowest BCUT2D eigenvalue weighted by Crippen LogP contribution is -2.52. The van der Waals surface area contributed by atoms with E-state index in [4.69, 9.17) is 0 Å². The summed E-state index contributed by atoms with van der Waals surface area (Å²) in [7, 11) is 0. The van der Waals surface area contributed by atoms with Crippen molar-refractivity contribution in [2.75, 3.05) is 0 Å². The topological polar surface area (TPSA) is 17.8 Å². The van der Waals surface area contributed by atoms with Gasteiger partial charge in [-0.1, -0.05) is 0 Å². The molecule has 13 heavy (non-hydrogen) atoms. The van der Waals surface area contributed by atoms with Crippen LogP contribution in [-0.4, -0.2) is 15.7 Å². The Kier molecular flexibility index (Phi) is 1.65. The molecule has 1 heterocycles. The van der Waals surface area contributed by atoms with Crippen LogP contribution in [0.2, 0.25) is 0 Å². The summed E-state index contributed by atoms with van der Waals surface area (Å²) in [6, 6.07) is 0. The van der Waals surface area contributed by atoms with Crippen molar-refractivity contribution in [2.45, 2.75) is 31.0 Å². The molecule has 1 aliphatic carbocycles. The highest BCUT2D eigenvalue weighted by Crippen LogP contribution is 2.50. The summed E-state index contributed by atoms with van der Waals surface area (Å²) in [5, 5.41) is 0. The lowest BCUT2D eigenvalue weighted by atomic mass is 9.76. The average Bonchev–Trinajstić information content (AvgIpc) is 2.32. The van der Waals surface area contributed by atoms with Crippen LogP contribution in [-0.2, 0) is 5.54 Å². The van der Waals surface area contributed by atoms with E-state index in [1.165, 1.54) is 23.3 Å². The molecule has 1 saturated carbocycles. The van der Waals surface area contributed by atoms with E-state index in [0.717, 1.165) is 0 Å². The number of rotatable bonds is 1. The highest BCUT2D eigenvalue weighted by molar-refractivity contribution is 5.02. The van der Waals surface area contributed by atoms with E-state index in [0.29, 0.717) is 6.42 Å². The van der Waals surface area contributed by atoms with Gasteiger partial charge in [0.1, 0.15) is 5.54 Å². The molecule has 0 unspecified atom stereocenters. The molecule has 0 aliphatic heterocycles. The number of aromatic nitrogens is 2. The largest absolute Gasteiger partial charge is 0.411 e. The maximum Gasteiger partial charge on any atom is 0.411 e. The van der Waals surface area contributed by atoms with E-state index < -0.39 is 11.7 Å². The van der Waals surface area contributed by atoms with Crippen molar-refractivity contribution in [3.05, 3.63) is 18.7 Å². The second kappa shape index (κ2) is 2.49. The molecule has 1 aromatic heterocycles. The molecule has 2 rings (SSSR count). The normalized spacial score (nSPS) is 21.2. The molecular formula is C8H9F3N2. The number of halogens is 3. The third-order valence-electron chi connectivity index (χ3n) is 2.71. The van der Waals surface area contributed by atoms with Crippen molar-refractivity contribution in [1.82, 2.24) is 9.55 Å². The van der Waals surface area contributed by atoms with Gasteiger partial charge in [-0.3, -0.25) is 0 Å². The smallest absolute Gasteiger partial charge is 0.322 e. The van der Waals surface area contributed by atoms with Gasteiger partial charge in [0.15, 0.2) is 0 Å². The molecule has 2 nitrogen and oxygen atoms in total. The van der Waals surface area contributed by atoms with Crippen molar-refractivity contribution in [1.29, 1.82) is 0 Å². The van der Waals surface area contributed by atoms with E-state index in [2.05, 4.69) is 4.98 Å². The second-order valence-corrected chi connectivity index (χ2v) is 3.35. The van der Waals surface area contributed by atoms with E-state index in [1.807, 2.05) is 0 Å². The lowest BCUT2D eigenvalue weighted by molar-refractivity contribution is -0.239. The van der Waals surface area contributed by atoms with E-state index >= 15 is 0 Å². The quantitative estimate of drug-likeness (QED) is 0.664. The standard InChI is InChI=1S/C8H9F3N2/c9-8(10,11)7(2-1-3-7)13-5-4-12-6-13/h4-6H,1-3H2. The first-order chi connectivity index (χ1) is 6.06. The monoisotopic (exact) mass is 190 g/mol. The van der Waals surface area contributed by atoms with Crippen LogP contribution in [0.15, 0.2) is 18.7 Å². The first kappa shape index (κ1) is 8.59. The fraction of sp³-hybridized carbons (Fsp3) is 0.625. The summed E-state index contributed by atoms with van der Waals surface area (Å²) in [6.45, 7) is 0. The van der Waals surface area contributed by atoms with Crippen LogP contribution in [0.1, 0.15) is 19.3 Å². The Labute approximate surface area is 73.4 Å². The lowest BCUT2D eigenvalue weighted by Gasteiger charge is -2.43. The van der Waals surface area contributed by atoms with E-state index in [9.17, 15) is 13.2 Å². The zero-order chi connectivity index (χ0) is 9.53. The Bertz CT molecular complexity index is 285. The van der Waals surface area contributed by atoms with Crippen LogP contribution in [0, 0.1) is 0 Å². The number of nitrogens with zero attached hydrogens (tertiary/aromatic N) is 2. The van der Waals surface area contributed by atoms with Crippen LogP contribution in [0.5, 0.6) is 0 Å². The van der Waals surface area contributed by atoms with Gasteiger partial charge in [-0.25, -0.2) is 4.98 Å². The van der Waals surface area contributed by atoms with Gasteiger partial charge in [0.25, 0.3) is 0 Å². The van der Waals surface area contributed by atoms with Crippen molar-refractivity contribution >= 4 is 0 Å². The fourth-order valence-corrected chi connectivity index (χ4v) is 1.71. The van der Waals surface area contributed by atoms with Gasteiger partial charge in [0.05, 0.1) is 6.33 Å². The number of hydrogen-bond donors (Lipinski definition) is 0. The maximum absolute atomic E-state index is 12.7. The van der Waals surface area contributed by atoms with Crippen LogP contribution in [0.3, 0.4) is 0 Å². The highest BCUT2D eigenvalue weighted by atomic mass is 19.4. The minimum Gasteiger partial charge on any atom is -0.322 e. The van der Waals surface area contributed by atoms with Gasteiger partial charge < -0.3 is 4.57 Å². The van der Waals surface area contributed by atoms with Gasteiger partial charge in [-0.05, 0) is 19.3 Å². The maximum atomic E-state index is 12.7. The predicted octanol–water partition coefficient (Wildman–Crippen LogP) is 2.32.